The Morgan fingerprint density at radius 1 is 1.15 bits per heavy atom. The van der Waals surface area contributed by atoms with E-state index < -0.39 is 0 Å². The van der Waals surface area contributed by atoms with Crippen molar-refractivity contribution >= 4 is 23.4 Å². The lowest BCUT2D eigenvalue weighted by Gasteiger charge is -2.20. The molecule has 4 rings (SSSR count). The molecule has 5 nitrogen and oxygen atoms in total. The van der Waals surface area contributed by atoms with Crippen LogP contribution in [-0.4, -0.2) is 27.9 Å². The summed E-state index contributed by atoms with van der Waals surface area (Å²) in [4.78, 5) is 14.7. The fourth-order valence-electron chi connectivity index (χ4n) is 3.24. The Hall–Kier alpha value is -2.60. The Bertz CT molecular complexity index is 999. The number of hydrogen-bond acceptors (Lipinski definition) is 5. The van der Waals surface area contributed by atoms with Crippen molar-refractivity contribution in [1.82, 2.24) is 10.2 Å². The number of hydrogen-bond donors (Lipinski definition) is 0. The lowest BCUT2D eigenvalue weighted by atomic mass is 10.1. The second-order valence-corrected chi connectivity index (χ2v) is 8.09. The van der Waals surface area contributed by atoms with Gasteiger partial charge < -0.3 is 9.32 Å². The van der Waals surface area contributed by atoms with Crippen molar-refractivity contribution in [3.63, 3.8) is 0 Å². The van der Waals surface area contributed by atoms with Gasteiger partial charge in [0, 0.05) is 17.8 Å². The molecule has 0 saturated carbocycles. The van der Waals surface area contributed by atoms with Gasteiger partial charge in [0.05, 0.1) is 5.25 Å². The fourth-order valence-corrected chi connectivity index (χ4v) is 3.98. The number of aromatic nitrogens is 2. The third-order valence-electron chi connectivity index (χ3n) is 4.94. The molecule has 2 aromatic carbocycles. The molecule has 0 bridgehead atoms. The van der Waals surface area contributed by atoms with Crippen LogP contribution in [-0.2, 0) is 11.2 Å². The topological polar surface area (TPSA) is 59.2 Å². The van der Waals surface area contributed by atoms with Gasteiger partial charge in [-0.1, -0.05) is 36.0 Å². The molecule has 1 aromatic heterocycles. The van der Waals surface area contributed by atoms with Gasteiger partial charge in [0.2, 0.25) is 11.8 Å². The second-order valence-electron chi connectivity index (χ2n) is 6.80. The molecular weight excluding hydrogens is 358 g/mol. The summed E-state index contributed by atoms with van der Waals surface area (Å²) < 4.78 is 5.79. The molecule has 2 heterocycles. The van der Waals surface area contributed by atoms with Crippen LogP contribution in [0.5, 0.6) is 0 Å². The molecular formula is C21H21N3O2S. The predicted octanol–water partition coefficient (Wildman–Crippen LogP) is 4.42. The zero-order valence-electron chi connectivity index (χ0n) is 15.6. The smallest absolute Gasteiger partial charge is 0.277 e. The van der Waals surface area contributed by atoms with E-state index in [2.05, 4.69) is 30.1 Å². The summed E-state index contributed by atoms with van der Waals surface area (Å²) in [6.07, 6.45) is 0.900. The number of anilines is 1. The maximum absolute atomic E-state index is 12.9. The van der Waals surface area contributed by atoms with Crippen LogP contribution < -0.4 is 4.90 Å². The van der Waals surface area contributed by atoms with Crippen molar-refractivity contribution in [3.05, 3.63) is 59.2 Å². The molecule has 1 amide bonds. The highest BCUT2D eigenvalue weighted by molar-refractivity contribution is 8.00. The average molecular weight is 379 g/mol. The molecule has 138 valence electrons. The van der Waals surface area contributed by atoms with Crippen molar-refractivity contribution in [1.29, 1.82) is 0 Å². The number of nitrogens with zero attached hydrogens (tertiary/aromatic N) is 3. The Morgan fingerprint density at radius 2 is 1.96 bits per heavy atom. The third kappa shape index (κ3) is 3.49. The Kier molecular flexibility index (Phi) is 4.74. The van der Waals surface area contributed by atoms with E-state index in [-0.39, 0.29) is 11.2 Å². The van der Waals surface area contributed by atoms with E-state index in [1.165, 1.54) is 28.5 Å². The molecule has 0 fully saturated rings. The number of para-hydroxylation sites is 1. The van der Waals surface area contributed by atoms with Crippen molar-refractivity contribution in [2.75, 3.05) is 11.4 Å². The first-order valence-electron chi connectivity index (χ1n) is 9.00. The van der Waals surface area contributed by atoms with Crippen molar-refractivity contribution < 1.29 is 9.21 Å². The lowest BCUT2D eigenvalue weighted by molar-refractivity contribution is -0.117. The van der Waals surface area contributed by atoms with E-state index in [4.69, 9.17) is 4.42 Å². The van der Waals surface area contributed by atoms with E-state index in [1.807, 2.05) is 48.2 Å². The minimum absolute atomic E-state index is 0.0656. The minimum atomic E-state index is -0.302. The minimum Gasteiger partial charge on any atom is -0.411 e. The van der Waals surface area contributed by atoms with Crippen LogP contribution in [0.1, 0.15) is 23.6 Å². The summed E-state index contributed by atoms with van der Waals surface area (Å²) in [5, 5.41) is 8.37. The van der Waals surface area contributed by atoms with Gasteiger partial charge in [-0.15, -0.1) is 10.2 Å². The molecule has 1 aliphatic heterocycles. The van der Waals surface area contributed by atoms with Crippen LogP contribution in [0.2, 0.25) is 0 Å². The number of aryl methyl sites for hydroxylation is 2. The molecule has 0 unspecified atom stereocenters. The van der Waals surface area contributed by atoms with E-state index >= 15 is 0 Å². The van der Waals surface area contributed by atoms with Gasteiger partial charge in [-0.3, -0.25) is 4.79 Å². The summed E-state index contributed by atoms with van der Waals surface area (Å²) in [5.74, 6) is 0.544. The van der Waals surface area contributed by atoms with Crippen molar-refractivity contribution in [2.24, 2.45) is 0 Å². The number of carbonyl (C=O) groups is 1. The number of rotatable bonds is 4. The number of amides is 1. The Labute approximate surface area is 162 Å². The number of fused-ring (bicyclic) bond motifs is 1. The molecule has 0 aliphatic carbocycles. The van der Waals surface area contributed by atoms with E-state index in [9.17, 15) is 4.79 Å². The summed E-state index contributed by atoms with van der Waals surface area (Å²) in [6.45, 7) is 6.73. The van der Waals surface area contributed by atoms with Gasteiger partial charge in [-0.2, -0.15) is 0 Å². The van der Waals surface area contributed by atoms with Gasteiger partial charge in [0.25, 0.3) is 5.22 Å². The van der Waals surface area contributed by atoms with Gasteiger partial charge in [-0.25, -0.2) is 0 Å². The van der Waals surface area contributed by atoms with E-state index in [1.54, 1.807) is 0 Å². The van der Waals surface area contributed by atoms with Crippen LogP contribution >= 0.6 is 11.8 Å². The van der Waals surface area contributed by atoms with Crippen LogP contribution in [0.25, 0.3) is 11.5 Å². The quantitative estimate of drug-likeness (QED) is 0.628. The molecule has 6 heteroatoms. The first-order chi connectivity index (χ1) is 13.0. The van der Waals surface area contributed by atoms with Crippen LogP contribution in [0.15, 0.2) is 52.1 Å². The monoisotopic (exact) mass is 379 g/mol. The number of thioether (sulfide) groups is 1. The summed E-state index contributed by atoms with van der Waals surface area (Å²) in [5.41, 5.74) is 5.52. The summed E-state index contributed by atoms with van der Waals surface area (Å²) in [7, 11) is 0. The molecule has 0 radical (unpaired) electrons. The molecule has 0 N–H and O–H groups in total. The molecule has 0 spiro atoms. The SMILES string of the molecule is Cc1ccc(-c2nnc(S[C@@H](C)C(=O)N3CCc4ccccc43)o2)cc1C. The Morgan fingerprint density at radius 3 is 2.78 bits per heavy atom. The standard InChI is InChI=1S/C21H21N3O2S/c1-13-8-9-17(12-14(13)2)19-22-23-21(26-19)27-15(3)20(25)24-11-10-16-6-4-5-7-18(16)24/h4-9,12,15H,10-11H2,1-3H3/t15-/m0/s1. The maximum atomic E-state index is 12.9. The van der Waals surface area contributed by atoms with Gasteiger partial charge >= 0.3 is 0 Å². The molecule has 1 aliphatic rings. The lowest BCUT2D eigenvalue weighted by Crippen LogP contribution is -2.35. The van der Waals surface area contributed by atoms with Crippen molar-refractivity contribution in [3.8, 4) is 11.5 Å². The fraction of sp³-hybridized carbons (Fsp3) is 0.286. The van der Waals surface area contributed by atoms with E-state index in [0.29, 0.717) is 11.1 Å². The zero-order chi connectivity index (χ0) is 19.0. The molecule has 1 atom stereocenters. The highest BCUT2D eigenvalue weighted by atomic mass is 32.2. The van der Waals surface area contributed by atoms with Gasteiger partial charge in [0.1, 0.15) is 0 Å². The number of carbonyl (C=O) groups excluding carboxylic acids is 1. The third-order valence-corrected chi connectivity index (χ3v) is 5.86. The average Bonchev–Trinajstić information content (AvgIpc) is 3.30. The predicted molar refractivity (Wildman–Crippen MR) is 107 cm³/mol. The first-order valence-corrected chi connectivity index (χ1v) is 9.88. The second kappa shape index (κ2) is 7.19. The zero-order valence-corrected chi connectivity index (χ0v) is 16.4. The van der Waals surface area contributed by atoms with E-state index in [0.717, 1.165) is 24.2 Å². The summed E-state index contributed by atoms with van der Waals surface area (Å²) >= 11 is 1.30. The first kappa shape index (κ1) is 17.8. The molecule has 3 aromatic rings. The van der Waals surface area contributed by atoms with Crippen LogP contribution in [0.3, 0.4) is 0 Å². The highest BCUT2D eigenvalue weighted by Crippen LogP contribution is 2.32. The Balaban J connectivity index is 1.47. The normalized spacial score (nSPS) is 14.3. The van der Waals surface area contributed by atoms with Crippen molar-refractivity contribution in [2.45, 2.75) is 37.7 Å². The molecule has 0 saturated heterocycles. The maximum Gasteiger partial charge on any atom is 0.277 e. The number of benzene rings is 2. The van der Waals surface area contributed by atoms with Crippen LogP contribution in [0.4, 0.5) is 5.69 Å². The highest BCUT2D eigenvalue weighted by Gasteiger charge is 2.29. The van der Waals surface area contributed by atoms with Crippen LogP contribution in [0, 0.1) is 13.8 Å². The van der Waals surface area contributed by atoms with Gasteiger partial charge in [-0.05, 0) is 62.1 Å². The summed E-state index contributed by atoms with van der Waals surface area (Å²) in [6, 6.07) is 14.1. The molecule has 27 heavy (non-hydrogen) atoms. The van der Waals surface area contributed by atoms with Gasteiger partial charge in [0.15, 0.2) is 0 Å². The largest absolute Gasteiger partial charge is 0.411 e.